The van der Waals surface area contributed by atoms with E-state index in [0.717, 1.165) is 0 Å². The van der Waals surface area contributed by atoms with E-state index in [2.05, 4.69) is 15.0 Å². The molecule has 0 aliphatic carbocycles. The molecule has 0 aliphatic rings. The van der Waals surface area contributed by atoms with Crippen LogP contribution in [0, 0.1) is 80.9 Å². The summed E-state index contributed by atoms with van der Waals surface area (Å²) in [6.07, 6.45) is 0. The molecule has 2 aromatic carbocycles. The van der Waals surface area contributed by atoms with Gasteiger partial charge < -0.3 is 10.6 Å². The molecule has 0 saturated carbocycles. The number of nitrogens with zero attached hydrogens (tertiary/aromatic N) is 12. The molecule has 47 heavy (non-hydrogen) atoms. The number of rotatable bonds is 13. The Labute approximate surface area is 250 Å². The lowest BCUT2D eigenvalue weighted by molar-refractivity contribution is -0.402. The molecule has 0 bridgehead atoms. The maximum absolute atomic E-state index is 11.9. The van der Waals surface area contributed by atoms with Gasteiger partial charge in [0.2, 0.25) is 11.6 Å². The topological polar surface area (TPSA) is 431 Å². The van der Waals surface area contributed by atoms with E-state index in [9.17, 15) is 80.9 Å². The van der Waals surface area contributed by atoms with Crippen molar-refractivity contribution >= 4 is 74.2 Å². The molecule has 0 amide bonds. The highest BCUT2D eigenvalue weighted by atomic mass is 16.7. The highest BCUT2D eigenvalue weighted by Gasteiger charge is 2.39. The van der Waals surface area contributed by atoms with Crippen molar-refractivity contribution in [3.05, 3.63) is 116 Å². The van der Waals surface area contributed by atoms with E-state index in [4.69, 9.17) is 5.53 Å². The van der Waals surface area contributed by atoms with Crippen LogP contribution in [0.5, 0.6) is 0 Å². The zero-order chi connectivity index (χ0) is 35.5. The van der Waals surface area contributed by atoms with E-state index >= 15 is 0 Å². The summed E-state index contributed by atoms with van der Waals surface area (Å²) in [5.74, 6) is -2.73. The number of anilines is 4. The van der Waals surface area contributed by atoms with Gasteiger partial charge in [0.15, 0.2) is 17.1 Å². The molecule has 2 N–H and O–H groups in total. The Bertz CT molecular complexity index is 2010. The van der Waals surface area contributed by atoms with E-state index in [1.807, 2.05) is 0 Å². The van der Waals surface area contributed by atoms with Crippen LogP contribution in [0.15, 0.2) is 29.4 Å². The number of aromatic nitrogens is 1. The average Bonchev–Trinajstić information content (AvgIpc) is 2.96. The maximum atomic E-state index is 11.9. The summed E-state index contributed by atoms with van der Waals surface area (Å²) in [6.45, 7) is 0. The van der Waals surface area contributed by atoms with E-state index < -0.39 is 114 Å². The molecule has 30 nitrogen and oxygen atoms in total. The van der Waals surface area contributed by atoms with Gasteiger partial charge in [-0.1, -0.05) is 0 Å². The number of hydrogen-bond donors (Lipinski definition) is 2. The summed E-state index contributed by atoms with van der Waals surface area (Å²) in [7, 11) is 0. The van der Waals surface area contributed by atoms with Crippen molar-refractivity contribution in [1.29, 1.82) is 0 Å². The zero-order valence-electron chi connectivity index (χ0n) is 21.7. The van der Waals surface area contributed by atoms with Crippen LogP contribution in [0.3, 0.4) is 0 Å². The standard InChI is InChI=1S/C17H6N14O16/c18-23-22-14-9(28(40)41)3-8(27(38)39)13(15(14)31(46)47)20-17-11(30(44)45)4-10(29(42)43)16(21-17)19-12-6(25(34)35)1-5(24(32)33)2-7(12)26(36)37/h1-4H,(H2,19,20,21). The lowest BCUT2D eigenvalue weighted by Crippen LogP contribution is -2.10. The van der Waals surface area contributed by atoms with Gasteiger partial charge in [-0.25, -0.2) is 0 Å². The molecule has 1 aromatic heterocycles. The normalized spacial score (nSPS) is 10.2. The van der Waals surface area contributed by atoms with Crippen molar-refractivity contribution < 1.29 is 39.4 Å². The minimum Gasteiger partial charge on any atom is -0.323 e. The molecule has 0 spiro atoms. The second kappa shape index (κ2) is 12.5. The predicted molar refractivity (Wildman–Crippen MR) is 146 cm³/mol. The fraction of sp³-hybridized carbons (Fsp3) is 0. The van der Waals surface area contributed by atoms with Crippen molar-refractivity contribution in [3.8, 4) is 0 Å². The molecule has 30 heteroatoms. The molecular formula is C17H6N14O16. The van der Waals surface area contributed by atoms with Crippen LogP contribution >= 0.6 is 0 Å². The first-order chi connectivity index (χ1) is 21.9. The zero-order valence-corrected chi connectivity index (χ0v) is 21.7. The number of azide groups is 1. The summed E-state index contributed by atoms with van der Waals surface area (Å²) in [6, 6.07) is 0.510. The number of nitrogens with one attached hydrogen (secondary N) is 2. The number of pyridine rings is 1. The Morgan fingerprint density at radius 2 is 0.915 bits per heavy atom. The van der Waals surface area contributed by atoms with Gasteiger partial charge in [0.05, 0.1) is 57.6 Å². The minimum absolute atomic E-state index is 0.0537. The first-order valence-corrected chi connectivity index (χ1v) is 11.1. The van der Waals surface area contributed by atoms with Crippen molar-refractivity contribution in [3.63, 3.8) is 0 Å². The van der Waals surface area contributed by atoms with Crippen LogP contribution in [0.1, 0.15) is 0 Å². The van der Waals surface area contributed by atoms with E-state index in [-0.39, 0.29) is 24.3 Å². The second-order valence-corrected chi connectivity index (χ2v) is 8.07. The van der Waals surface area contributed by atoms with Crippen LogP contribution in [0.4, 0.5) is 74.2 Å². The minimum atomic E-state index is -1.71. The van der Waals surface area contributed by atoms with Crippen LogP contribution in [-0.2, 0) is 0 Å². The van der Waals surface area contributed by atoms with Gasteiger partial charge in [-0.05, 0) is 10.6 Å². The second-order valence-electron chi connectivity index (χ2n) is 8.07. The molecule has 0 aliphatic heterocycles. The molecule has 0 atom stereocenters. The van der Waals surface area contributed by atoms with Crippen molar-refractivity contribution in [2.75, 3.05) is 10.6 Å². The van der Waals surface area contributed by atoms with Crippen molar-refractivity contribution in [1.82, 2.24) is 4.98 Å². The molecule has 3 aromatic rings. The number of non-ortho nitro benzene ring substituents is 1. The largest absolute Gasteiger partial charge is 0.323 e. The fourth-order valence-electron chi connectivity index (χ4n) is 3.67. The predicted octanol–water partition coefficient (Wildman–Crippen LogP) is 4.78. The van der Waals surface area contributed by atoms with Crippen molar-refractivity contribution in [2.45, 2.75) is 0 Å². The van der Waals surface area contributed by atoms with Gasteiger partial charge in [-0.15, -0.1) is 0 Å². The summed E-state index contributed by atoms with van der Waals surface area (Å²) in [5.41, 5.74) is -7.14. The number of nitro groups is 8. The average molecular weight is 662 g/mol. The molecule has 1 heterocycles. The Morgan fingerprint density at radius 3 is 1.28 bits per heavy atom. The van der Waals surface area contributed by atoms with Gasteiger partial charge in [0.1, 0.15) is 6.07 Å². The van der Waals surface area contributed by atoms with Crippen LogP contribution in [0.25, 0.3) is 10.4 Å². The third-order valence-electron chi connectivity index (χ3n) is 5.50. The number of benzene rings is 2. The summed E-state index contributed by atoms with van der Waals surface area (Å²) in [5, 5.41) is 99.5. The van der Waals surface area contributed by atoms with E-state index in [1.165, 1.54) is 0 Å². The van der Waals surface area contributed by atoms with Crippen LogP contribution in [0.2, 0.25) is 0 Å². The number of nitro benzene ring substituents is 6. The Kier molecular flexibility index (Phi) is 8.84. The Balaban J connectivity index is 2.48. The smallest absolute Gasteiger partial charge is 0.318 e. The molecule has 240 valence electrons. The van der Waals surface area contributed by atoms with Gasteiger partial charge in [-0.2, -0.15) is 4.98 Å². The molecule has 0 radical (unpaired) electrons. The first-order valence-electron chi connectivity index (χ1n) is 11.1. The fourth-order valence-corrected chi connectivity index (χ4v) is 3.67. The quantitative estimate of drug-likeness (QED) is 0.0816. The van der Waals surface area contributed by atoms with Gasteiger partial charge in [0.25, 0.3) is 11.4 Å². The van der Waals surface area contributed by atoms with Crippen molar-refractivity contribution in [2.24, 2.45) is 5.11 Å². The highest BCUT2D eigenvalue weighted by Crippen LogP contribution is 2.50. The Hall–Kier alpha value is -8.30. The lowest BCUT2D eigenvalue weighted by atomic mass is 10.1. The first kappa shape index (κ1) is 33.2. The number of hydrogen-bond acceptors (Lipinski definition) is 20. The molecule has 0 fully saturated rings. The SMILES string of the molecule is [N-]=[N+]=Nc1c([N+](=O)[O-])cc([N+](=O)[O-])c(Nc2nc(Nc3c([N+](=O)[O-])cc([N+](=O)[O-])cc3[N+](=O)[O-])c([N+](=O)[O-])cc2[N+](=O)[O-])c1[N+](=O)[O-]. The molecule has 3 rings (SSSR count). The third kappa shape index (κ3) is 6.39. The van der Waals surface area contributed by atoms with Gasteiger partial charge in [0, 0.05) is 4.91 Å². The van der Waals surface area contributed by atoms with E-state index in [0.29, 0.717) is 0 Å². The van der Waals surface area contributed by atoms with Crippen LogP contribution < -0.4 is 10.6 Å². The van der Waals surface area contributed by atoms with Gasteiger partial charge >= 0.3 is 34.1 Å². The molecular weight excluding hydrogens is 656 g/mol. The summed E-state index contributed by atoms with van der Waals surface area (Å²) >= 11 is 0. The maximum Gasteiger partial charge on any atom is 0.318 e. The third-order valence-corrected chi connectivity index (χ3v) is 5.50. The van der Waals surface area contributed by atoms with Crippen LogP contribution in [-0.4, -0.2) is 44.4 Å². The molecule has 0 saturated heterocycles. The highest BCUT2D eigenvalue weighted by molar-refractivity contribution is 5.92. The monoisotopic (exact) mass is 662 g/mol. The van der Waals surface area contributed by atoms with Gasteiger partial charge in [-0.3, -0.25) is 80.9 Å². The summed E-state index contributed by atoms with van der Waals surface area (Å²) < 4.78 is 0. The Morgan fingerprint density at radius 1 is 0.532 bits per heavy atom. The molecule has 0 unspecified atom stereocenters. The summed E-state index contributed by atoms with van der Waals surface area (Å²) in [4.78, 5) is 87.5. The van der Waals surface area contributed by atoms with E-state index in [1.54, 1.807) is 10.6 Å². The lowest BCUT2D eigenvalue weighted by Gasteiger charge is -2.12.